The summed E-state index contributed by atoms with van der Waals surface area (Å²) >= 11 is 0. The van der Waals surface area contributed by atoms with E-state index in [1.165, 1.54) is 18.2 Å². The highest BCUT2D eigenvalue weighted by molar-refractivity contribution is 6.07. The zero-order valence-corrected chi connectivity index (χ0v) is 16.0. The molecule has 0 saturated heterocycles. The summed E-state index contributed by atoms with van der Waals surface area (Å²) in [7, 11) is 0. The van der Waals surface area contributed by atoms with Crippen LogP contribution in [0.4, 0.5) is 13.2 Å². The molecule has 31 heavy (non-hydrogen) atoms. The average Bonchev–Trinajstić information content (AvgIpc) is 2.78. The largest absolute Gasteiger partial charge is 0.417 e. The summed E-state index contributed by atoms with van der Waals surface area (Å²) in [6.07, 6.45) is -0.282. The molecule has 5 nitrogen and oxygen atoms in total. The van der Waals surface area contributed by atoms with Crippen LogP contribution >= 0.6 is 0 Å². The van der Waals surface area contributed by atoms with Gasteiger partial charge in [-0.25, -0.2) is 10.4 Å². The van der Waals surface area contributed by atoms with Crippen LogP contribution in [0.5, 0.6) is 0 Å². The molecule has 4 aromatic rings. The number of nitrogens with one attached hydrogen (secondary N) is 1. The molecule has 0 spiro atoms. The first kappa shape index (κ1) is 20.2. The number of hydrogen-bond acceptors (Lipinski definition) is 4. The lowest BCUT2D eigenvalue weighted by molar-refractivity contribution is -0.137. The van der Waals surface area contributed by atoms with Crippen LogP contribution in [-0.2, 0) is 6.18 Å². The van der Waals surface area contributed by atoms with Gasteiger partial charge in [0.25, 0.3) is 5.91 Å². The number of benzene rings is 2. The van der Waals surface area contributed by atoms with Crippen LogP contribution in [0.15, 0.2) is 84.2 Å². The Morgan fingerprint density at radius 1 is 1.00 bits per heavy atom. The predicted molar refractivity (Wildman–Crippen MR) is 111 cm³/mol. The lowest BCUT2D eigenvalue weighted by Crippen LogP contribution is -2.19. The van der Waals surface area contributed by atoms with Crippen molar-refractivity contribution in [1.82, 2.24) is 15.4 Å². The first-order chi connectivity index (χ1) is 14.9. The number of carbonyl (C=O) groups is 1. The highest BCUT2D eigenvalue weighted by Crippen LogP contribution is 2.31. The summed E-state index contributed by atoms with van der Waals surface area (Å²) in [5, 5.41) is 4.34. The number of para-hydroxylation sites is 1. The summed E-state index contributed by atoms with van der Waals surface area (Å²) < 4.78 is 39.4. The molecule has 0 aliphatic heterocycles. The summed E-state index contributed by atoms with van der Waals surface area (Å²) in [4.78, 5) is 21.5. The van der Waals surface area contributed by atoms with Crippen molar-refractivity contribution in [2.24, 2.45) is 5.10 Å². The van der Waals surface area contributed by atoms with E-state index < -0.39 is 17.6 Å². The molecule has 8 heteroatoms. The Labute approximate surface area is 175 Å². The normalized spacial score (nSPS) is 11.7. The van der Waals surface area contributed by atoms with E-state index in [1.807, 2.05) is 6.07 Å². The highest BCUT2D eigenvalue weighted by atomic mass is 19.4. The summed E-state index contributed by atoms with van der Waals surface area (Å²) in [5.74, 6) is -0.565. The quantitative estimate of drug-likeness (QED) is 0.370. The van der Waals surface area contributed by atoms with Gasteiger partial charge in [0, 0.05) is 28.9 Å². The van der Waals surface area contributed by atoms with Crippen LogP contribution in [0, 0.1) is 0 Å². The van der Waals surface area contributed by atoms with E-state index in [2.05, 4.69) is 20.5 Å². The second-order valence-corrected chi connectivity index (χ2v) is 6.60. The second-order valence-electron chi connectivity index (χ2n) is 6.60. The Morgan fingerprint density at radius 3 is 2.55 bits per heavy atom. The van der Waals surface area contributed by atoms with E-state index in [4.69, 9.17) is 0 Å². The highest BCUT2D eigenvalue weighted by Gasteiger charge is 2.32. The molecular weight excluding hydrogens is 405 g/mol. The molecule has 0 aliphatic rings. The van der Waals surface area contributed by atoms with E-state index in [0.717, 1.165) is 17.8 Å². The van der Waals surface area contributed by atoms with Gasteiger partial charge in [-0.05, 0) is 30.3 Å². The minimum Gasteiger partial charge on any atom is -0.267 e. The van der Waals surface area contributed by atoms with Gasteiger partial charge in [-0.15, -0.1) is 0 Å². The maximum absolute atomic E-state index is 13.1. The molecule has 0 radical (unpaired) electrons. The maximum atomic E-state index is 13.1. The Hall–Kier alpha value is -4.07. The summed E-state index contributed by atoms with van der Waals surface area (Å²) in [6, 6.07) is 17.3. The van der Waals surface area contributed by atoms with E-state index in [9.17, 15) is 18.0 Å². The zero-order valence-electron chi connectivity index (χ0n) is 16.0. The SMILES string of the molecule is O=C(N/N=C\c1ccccc1C(F)(F)F)c1cc(-c2cccnc2)nc2ccccc12. The fraction of sp³-hybridized carbons (Fsp3) is 0.0435. The van der Waals surface area contributed by atoms with Crippen molar-refractivity contribution in [3.63, 3.8) is 0 Å². The number of hydrogen-bond donors (Lipinski definition) is 1. The van der Waals surface area contributed by atoms with Crippen molar-refractivity contribution < 1.29 is 18.0 Å². The molecule has 1 amide bonds. The molecule has 0 fully saturated rings. The Kier molecular flexibility index (Phi) is 5.44. The molecule has 2 heterocycles. The molecule has 0 unspecified atom stereocenters. The first-order valence-electron chi connectivity index (χ1n) is 9.23. The maximum Gasteiger partial charge on any atom is 0.417 e. The van der Waals surface area contributed by atoms with Gasteiger partial charge in [-0.3, -0.25) is 9.78 Å². The fourth-order valence-electron chi connectivity index (χ4n) is 3.11. The number of amides is 1. The Bertz CT molecular complexity index is 1270. The lowest BCUT2D eigenvalue weighted by atomic mass is 10.0. The van der Waals surface area contributed by atoms with Crippen molar-refractivity contribution >= 4 is 23.0 Å². The second kappa shape index (κ2) is 8.35. The van der Waals surface area contributed by atoms with Crippen molar-refractivity contribution in [3.8, 4) is 11.3 Å². The molecule has 0 bridgehead atoms. The number of rotatable bonds is 4. The topological polar surface area (TPSA) is 67.2 Å². The van der Waals surface area contributed by atoms with Crippen molar-refractivity contribution in [2.75, 3.05) is 0 Å². The molecule has 2 aromatic heterocycles. The van der Waals surface area contributed by atoms with Crippen molar-refractivity contribution in [2.45, 2.75) is 6.18 Å². The molecule has 0 atom stereocenters. The van der Waals surface area contributed by atoms with Crippen LogP contribution in [0.1, 0.15) is 21.5 Å². The van der Waals surface area contributed by atoms with Crippen molar-refractivity contribution in [3.05, 3.63) is 95.8 Å². The lowest BCUT2D eigenvalue weighted by Gasteiger charge is -2.10. The van der Waals surface area contributed by atoms with Crippen LogP contribution in [0.25, 0.3) is 22.2 Å². The smallest absolute Gasteiger partial charge is 0.267 e. The molecule has 154 valence electrons. The number of alkyl halides is 3. The predicted octanol–water partition coefficient (Wildman–Crippen LogP) is 5.08. The fourth-order valence-corrected chi connectivity index (χ4v) is 3.11. The number of pyridine rings is 2. The summed E-state index contributed by atoms with van der Waals surface area (Å²) in [6.45, 7) is 0. The Morgan fingerprint density at radius 2 is 1.77 bits per heavy atom. The van der Waals surface area contributed by atoms with Gasteiger partial charge >= 0.3 is 6.18 Å². The summed E-state index contributed by atoms with van der Waals surface area (Å²) in [5.41, 5.74) is 3.50. The number of aromatic nitrogens is 2. The van der Waals surface area contributed by atoms with Gasteiger partial charge < -0.3 is 0 Å². The van der Waals surface area contributed by atoms with E-state index in [1.54, 1.807) is 48.8 Å². The monoisotopic (exact) mass is 420 g/mol. The number of carbonyl (C=O) groups excluding carboxylic acids is 1. The standard InChI is InChI=1S/C23H15F3N4O/c24-23(25,26)19-9-3-1-6-15(19)14-28-30-22(31)18-12-21(16-7-5-11-27-13-16)29-20-10-4-2-8-17(18)20/h1-14H,(H,30,31)/b28-14-. The van der Waals surface area contributed by atoms with Gasteiger partial charge in [0.15, 0.2) is 0 Å². The molecular formula is C23H15F3N4O. The first-order valence-corrected chi connectivity index (χ1v) is 9.23. The third kappa shape index (κ3) is 4.42. The van der Waals surface area contributed by atoms with Crippen LogP contribution < -0.4 is 5.43 Å². The Balaban J connectivity index is 1.66. The van der Waals surface area contributed by atoms with E-state index in [0.29, 0.717) is 22.2 Å². The minimum atomic E-state index is -4.52. The van der Waals surface area contributed by atoms with Gasteiger partial charge in [0.2, 0.25) is 0 Å². The average molecular weight is 420 g/mol. The van der Waals surface area contributed by atoms with Gasteiger partial charge in [-0.1, -0.05) is 36.4 Å². The molecule has 2 aromatic carbocycles. The molecule has 0 aliphatic carbocycles. The number of halogens is 3. The third-order valence-electron chi connectivity index (χ3n) is 4.55. The number of hydrazone groups is 1. The molecule has 1 N–H and O–H groups in total. The van der Waals surface area contributed by atoms with Gasteiger partial charge in [0.05, 0.1) is 28.6 Å². The van der Waals surface area contributed by atoms with Gasteiger partial charge in [0.1, 0.15) is 0 Å². The molecule has 4 rings (SSSR count). The van der Waals surface area contributed by atoms with Crippen LogP contribution in [0.2, 0.25) is 0 Å². The number of nitrogens with zero attached hydrogens (tertiary/aromatic N) is 3. The number of fused-ring (bicyclic) bond motifs is 1. The van der Waals surface area contributed by atoms with E-state index >= 15 is 0 Å². The van der Waals surface area contributed by atoms with E-state index in [-0.39, 0.29) is 5.56 Å². The van der Waals surface area contributed by atoms with Crippen molar-refractivity contribution in [1.29, 1.82) is 0 Å². The molecule has 0 saturated carbocycles. The minimum absolute atomic E-state index is 0.147. The third-order valence-corrected chi connectivity index (χ3v) is 4.55. The van der Waals surface area contributed by atoms with Gasteiger partial charge in [-0.2, -0.15) is 18.3 Å². The van der Waals surface area contributed by atoms with Crippen LogP contribution in [-0.4, -0.2) is 22.1 Å². The van der Waals surface area contributed by atoms with Crippen LogP contribution in [0.3, 0.4) is 0 Å². The zero-order chi connectivity index (χ0) is 21.8.